The summed E-state index contributed by atoms with van der Waals surface area (Å²) in [5.74, 6) is 1.01. The molecule has 2 aromatic rings. The van der Waals surface area contributed by atoms with E-state index in [4.69, 9.17) is 8.92 Å². The van der Waals surface area contributed by atoms with E-state index in [9.17, 15) is 4.79 Å². The molecule has 0 saturated heterocycles. The van der Waals surface area contributed by atoms with Crippen LogP contribution in [-0.4, -0.2) is 48.4 Å². The number of nitrogens with zero attached hydrogens (tertiary/aromatic N) is 2. The zero-order valence-electron chi connectivity index (χ0n) is 16.8. The first-order valence-electron chi connectivity index (χ1n) is 9.80. The number of hydrogen-bond acceptors (Lipinski definition) is 4. The standard InChI is InChI=1S/C21H30N2O3S/c1-5-22(6-2)21(24)15-9-7-10-16-19(15)20-17(11-8-12-18(20)25-3)23(16)13-14-26-27-4/h8,11-12,15H,5-7,9-10,13-14H2,1-4H3. The monoisotopic (exact) mass is 390 g/mol. The summed E-state index contributed by atoms with van der Waals surface area (Å²) in [5, 5.41) is 1.10. The lowest BCUT2D eigenvalue weighted by molar-refractivity contribution is -0.132. The molecule has 0 N–H and O–H groups in total. The number of ether oxygens (including phenoxy) is 1. The van der Waals surface area contributed by atoms with Gasteiger partial charge in [0, 0.05) is 37.0 Å². The minimum atomic E-state index is -0.0878. The van der Waals surface area contributed by atoms with Gasteiger partial charge in [0.1, 0.15) is 5.75 Å². The zero-order valence-corrected chi connectivity index (χ0v) is 17.6. The largest absolute Gasteiger partial charge is 0.496 e. The van der Waals surface area contributed by atoms with Gasteiger partial charge >= 0.3 is 0 Å². The predicted molar refractivity (Wildman–Crippen MR) is 112 cm³/mol. The van der Waals surface area contributed by atoms with Crippen LogP contribution in [0, 0.1) is 0 Å². The van der Waals surface area contributed by atoms with Crippen molar-refractivity contribution in [1.29, 1.82) is 0 Å². The van der Waals surface area contributed by atoms with E-state index in [1.165, 1.54) is 23.3 Å². The molecule has 0 spiro atoms. The fraction of sp³-hybridized carbons (Fsp3) is 0.571. The van der Waals surface area contributed by atoms with E-state index < -0.39 is 0 Å². The van der Waals surface area contributed by atoms with Gasteiger partial charge in [0.15, 0.2) is 0 Å². The van der Waals surface area contributed by atoms with Crippen molar-refractivity contribution in [2.24, 2.45) is 0 Å². The maximum absolute atomic E-state index is 13.3. The van der Waals surface area contributed by atoms with Crippen molar-refractivity contribution in [1.82, 2.24) is 9.47 Å². The van der Waals surface area contributed by atoms with Gasteiger partial charge in [-0.15, -0.1) is 0 Å². The number of benzene rings is 1. The number of likely N-dealkylation sites (N-methyl/N-ethyl adjacent to an activating group) is 1. The number of hydrogen-bond donors (Lipinski definition) is 0. The van der Waals surface area contributed by atoms with Crippen LogP contribution in [0.15, 0.2) is 18.2 Å². The van der Waals surface area contributed by atoms with Crippen LogP contribution in [0.3, 0.4) is 0 Å². The third-order valence-corrected chi connectivity index (χ3v) is 5.97. The van der Waals surface area contributed by atoms with Crippen LogP contribution in [0.1, 0.15) is 43.9 Å². The van der Waals surface area contributed by atoms with Crippen LogP contribution in [-0.2, 0) is 21.9 Å². The maximum Gasteiger partial charge on any atom is 0.230 e. The molecule has 3 rings (SSSR count). The van der Waals surface area contributed by atoms with Crippen molar-refractivity contribution >= 4 is 28.9 Å². The summed E-state index contributed by atoms with van der Waals surface area (Å²) in [5.41, 5.74) is 3.59. The van der Waals surface area contributed by atoms with Gasteiger partial charge < -0.3 is 18.4 Å². The summed E-state index contributed by atoms with van der Waals surface area (Å²) in [6.45, 7) is 7.02. The van der Waals surface area contributed by atoms with Crippen molar-refractivity contribution < 1.29 is 13.7 Å². The molecule has 1 atom stereocenters. The lowest BCUT2D eigenvalue weighted by atomic mass is 9.84. The average molecular weight is 391 g/mol. The molecule has 1 amide bonds. The van der Waals surface area contributed by atoms with Gasteiger partial charge in [0.2, 0.25) is 5.91 Å². The Labute approximate surface area is 166 Å². The molecule has 0 aliphatic heterocycles. The summed E-state index contributed by atoms with van der Waals surface area (Å²) < 4.78 is 13.6. The highest BCUT2D eigenvalue weighted by Gasteiger charge is 2.34. The van der Waals surface area contributed by atoms with E-state index in [1.54, 1.807) is 7.11 Å². The molecule has 27 heavy (non-hydrogen) atoms. The van der Waals surface area contributed by atoms with E-state index in [1.807, 2.05) is 23.3 Å². The Morgan fingerprint density at radius 2 is 2.11 bits per heavy atom. The SMILES string of the molecule is CCN(CC)C(=O)C1CCCc2c1c1c(OC)cccc1n2CCOSC. The maximum atomic E-state index is 13.3. The highest BCUT2D eigenvalue weighted by molar-refractivity contribution is 7.93. The average Bonchev–Trinajstić information content (AvgIpc) is 3.03. The molecular formula is C21H30N2O3S. The van der Waals surface area contributed by atoms with E-state index >= 15 is 0 Å². The quantitative estimate of drug-likeness (QED) is 0.500. The van der Waals surface area contributed by atoms with Crippen molar-refractivity contribution in [2.75, 3.05) is 33.1 Å². The summed E-state index contributed by atoms with van der Waals surface area (Å²) in [7, 11) is 1.71. The highest BCUT2D eigenvalue weighted by atomic mass is 32.2. The Morgan fingerprint density at radius 1 is 1.33 bits per heavy atom. The molecule has 5 nitrogen and oxygen atoms in total. The Balaban J connectivity index is 2.16. The zero-order chi connectivity index (χ0) is 19.4. The lowest BCUT2D eigenvalue weighted by Crippen LogP contribution is -2.36. The van der Waals surface area contributed by atoms with Gasteiger partial charge in [-0.25, -0.2) is 0 Å². The van der Waals surface area contributed by atoms with Crippen molar-refractivity contribution in [3.05, 3.63) is 29.5 Å². The Bertz CT molecular complexity index is 798. The molecule has 1 aliphatic rings. The van der Waals surface area contributed by atoms with E-state index in [-0.39, 0.29) is 11.8 Å². The molecule has 0 bridgehead atoms. The van der Waals surface area contributed by atoms with Gasteiger partial charge in [0.05, 0.1) is 25.2 Å². The van der Waals surface area contributed by atoms with Crippen LogP contribution < -0.4 is 4.74 Å². The minimum Gasteiger partial charge on any atom is -0.496 e. The smallest absolute Gasteiger partial charge is 0.230 e. The normalized spacial score (nSPS) is 16.4. The van der Waals surface area contributed by atoms with Crippen LogP contribution >= 0.6 is 12.0 Å². The van der Waals surface area contributed by atoms with Crippen molar-refractivity contribution in [3.8, 4) is 5.75 Å². The van der Waals surface area contributed by atoms with Gasteiger partial charge in [0.25, 0.3) is 0 Å². The number of rotatable bonds is 8. The van der Waals surface area contributed by atoms with Crippen LogP contribution in [0.25, 0.3) is 10.9 Å². The number of carbonyl (C=O) groups is 1. The fourth-order valence-electron chi connectivity index (χ4n) is 4.35. The van der Waals surface area contributed by atoms with Crippen molar-refractivity contribution in [3.63, 3.8) is 0 Å². The first kappa shape index (κ1) is 20.1. The molecule has 1 unspecified atom stereocenters. The fourth-order valence-corrected chi connectivity index (χ4v) is 4.59. The second-order valence-electron chi connectivity index (χ2n) is 6.81. The molecule has 6 heteroatoms. The summed E-state index contributed by atoms with van der Waals surface area (Å²) in [4.78, 5) is 15.2. The summed E-state index contributed by atoms with van der Waals surface area (Å²) in [6, 6.07) is 6.16. The number of carbonyl (C=O) groups excluding carboxylic acids is 1. The molecule has 0 radical (unpaired) electrons. The first-order chi connectivity index (χ1) is 13.2. The van der Waals surface area contributed by atoms with E-state index in [0.717, 1.165) is 55.5 Å². The highest BCUT2D eigenvalue weighted by Crippen LogP contribution is 2.43. The first-order valence-corrected chi connectivity index (χ1v) is 10.9. The third-order valence-electron chi connectivity index (χ3n) is 5.57. The van der Waals surface area contributed by atoms with Crippen LogP contribution in [0.4, 0.5) is 0 Å². The second kappa shape index (κ2) is 9.02. The van der Waals surface area contributed by atoms with E-state index in [2.05, 4.69) is 24.5 Å². The van der Waals surface area contributed by atoms with E-state index in [0.29, 0.717) is 6.61 Å². The third kappa shape index (κ3) is 3.69. The molecule has 1 aliphatic carbocycles. The number of fused-ring (bicyclic) bond motifs is 3. The van der Waals surface area contributed by atoms with Crippen LogP contribution in [0.2, 0.25) is 0 Å². The van der Waals surface area contributed by atoms with Gasteiger partial charge in [-0.3, -0.25) is 4.79 Å². The molecule has 1 heterocycles. The molecule has 0 fully saturated rings. The number of aromatic nitrogens is 1. The summed E-state index contributed by atoms with van der Waals surface area (Å²) in [6.07, 6.45) is 4.87. The number of methoxy groups -OCH3 is 1. The van der Waals surface area contributed by atoms with Crippen LogP contribution in [0.5, 0.6) is 5.75 Å². The molecule has 1 aromatic carbocycles. The van der Waals surface area contributed by atoms with Gasteiger partial charge in [-0.1, -0.05) is 6.07 Å². The van der Waals surface area contributed by atoms with Gasteiger partial charge in [-0.2, -0.15) is 0 Å². The predicted octanol–water partition coefficient (Wildman–Crippen LogP) is 4.23. The Hall–Kier alpha value is -1.66. The second-order valence-corrected chi connectivity index (χ2v) is 7.38. The van der Waals surface area contributed by atoms with Gasteiger partial charge in [-0.05, 0) is 62.8 Å². The molecule has 0 saturated carbocycles. The Morgan fingerprint density at radius 3 is 2.78 bits per heavy atom. The summed E-state index contributed by atoms with van der Waals surface area (Å²) >= 11 is 1.39. The minimum absolute atomic E-state index is 0.0878. The lowest BCUT2D eigenvalue weighted by Gasteiger charge is -2.29. The molecule has 148 valence electrons. The molecular weight excluding hydrogens is 360 g/mol. The molecule has 1 aromatic heterocycles. The van der Waals surface area contributed by atoms with Crippen molar-refractivity contribution in [2.45, 2.75) is 45.6 Å². The topological polar surface area (TPSA) is 43.7 Å². The number of amides is 1. The Kier molecular flexibility index (Phi) is 6.71.